The Kier molecular flexibility index (Phi) is 2.97. The highest BCUT2D eigenvalue weighted by molar-refractivity contribution is 5.73. The molecular weight excluding hydrogens is 202 g/mol. The first-order valence-electron chi connectivity index (χ1n) is 5.74. The van der Waals surface area contributed by atoms with Gasteiger partial charge in [0, 0.05) is 0 Å². The molecule has 86 valence electrons. The van der Waals surface area contributed by atoms with E-state index in [4.69, 9.17) is 0 Å². The van der Waals surface area contributed by atoms with Crippen molar-refractivity contribution in [2.45, 2.75) is 25.3 Å². The fraction of sp³-hybridized carbons (Fsp3) is 0.462. The summed E-state index contributed by atoms with van der Waals surface area (Å²) >= 11 is 0. The predicted molar refractivity (Wildman–Crippen MR) is 62.2 cm³/mol. The highest BCUT2D eigenvalue weighted by Crippen LogP contribution is 2.39. The molecule has 1 aromatic rings. The van der Waals surface area contributed by atoms with Gasteiger partial charge in [-0.3, -0.25) is 4.79 Å². The van der Waals surface area contributed by atoms with Crippen LogP contribution in [0, 0.1) is 5.92 Å². The van der Waals surface area contributed by atoms with Gasteiger partial charge in [-0.15, -0.1) is 0 Å². The molecule has 0 saturated carbocycles. The largest absolute Gasteiger partial charge is 0.481 e. The zero-order valence-electron chi connectivity index (χ0n) is 9.44. The molecule has 1 heterocycles. The quantitative estimate of drug-likeness (QED) is 0.817. The highest BCUT2D eigenvalue weighted by Gasteiger charge is 2.46. The number of aliphatic carboxylic acids is 1. The second-order valence-corrected chi connectivity index (χ2v) is 4.30. The number of rotatable bonds is 3. The molecule has 2 unspecified atom stereocenters. The first kappa shape index (κ1) is 11.1. The minimum absolute atomic E-state index is 0.320. The van der Waals surface area contributed by atoms with Crippen molar-refractivity contribution < 1.29 is 9.90 Å². The van der Waals surface area contributed by atoms with Crippen LogP contribution in [0.4, 0.5) is 0 Å². The van der Waals surface area contributed by atoms with E-state index in [1.54, 1.807) is 0 Å². The van der Waals surface area contributed by atoms with Crippen molar-refractivity contribution in [3.8, 4) is 0 Å². The molecular formula is C13H17NO2. The van der Waals surface area contributed by atoms with E-state index in [-0.39, 0.29) is 11.5 Å². The van der Waals surface area contributed by atoms with Crippen LogP contribution in [0.1, 0.15) is 25.3 Å². The van der Waals surface area contributed by atoms with Crippen LogP contribution in [0.3, 0.4) is 0 Å². The molecule has 3 nitrogen and oxygen atoms in total. The van der Waals surface area contributed by atoms with E-state index in [2.05, 4.69) is 5.32 Å². The lowest BCUT2D eigenvalue weighted by molar-refractivity contribution is -0.143. The first-order valence-corrected chi connectivity index (χ1v) is 5.74. The summed E-state index contributed by atoms with van der Waals surface area (Å²) in [5.74, 6) is -1.02. The number of carbonyl (C=O) groups is 1. The minimum Gasteiger partial charge on any atom is -0.481 e. The lowest BCUT2D eigenvalue weighted by Gasteiger charge is -2.33. The third kappa shape index (κ3) is 1.61. The van der Waals surface area contributed by atoms with Crippen LogP contribution >= 0.6 is 0 Å². The van der Waals surface area contributed by atoms with Crippen molar-refractivity contribution in [3.05, 3.63) is 35.9 Å². The van der Waals surface area contributed by atoms with Crippen molar-refractivity contribution >= 4 is 5.97 Å². The van der Waals surface area contributed by atoms with Crippen LogP contribution < -0.4 is 5.32 Å². The molecule has 2 atom stereocenters. The third-order valence-corrected chi connectivity index (χ3v) is 3.61. The zero-order valence-corrected chi connectivity index (χ0v) is 9.44. The van der Waals surface area contributed by atoms with Crippen LogP contribution in [0.25, 0.3) is 0 Å². The molecule has 0 bridgehead atoms. The summed E-state index contributed by atoms with van der Waals surface area (Å²) in [4.78, 5) is 11.3. The Hall–Kier alpha value is -1.35. The summed E-state index contributed by atoms with van der Waals surface area (Å²) in [5.41, 5.74) is 0.704. The molecule has 2 N–H and O–H groups in total. The summed E-state index contributed by atoms with van der Waals surface area (Å²) in [7, 11) is 0. The Morgan fingerprint density at radius 2 is 2.19 bits per heavy atom. The van der Waals surface area contributed by atoms with E-state index < -0.39 is 5.97 Å². The topological polar surface area (TPSA) is 49.3 Å². The maximum atomic E-state index is 11.3. The standard InChI is InChI=1S/C13H17NO2/c1-2-13(10-6-4-3-5-7-10)11(12(15)16)8-9-14-13/h3-7,11,14H,2,8-9H2,1H3,(H,15,16). The lowest BCUT2D eigenvalue weighted by Crippen LogP contribution is -2.44. The number of hydrogen-bond donors (Lipinski definition) is 2. The molecule has 0 spiro atoms. The molecule has 16 heavy (non-hydrogen) atoms. The van der Waals surface area contributed by atoms with Gasteiger partial charge in [-0.1, -0.05) is 37.3 Å². The molecule has 0 aliphatic carbocycles. The predicted octanol–water partition coefficient (Wildman–Crippen LogP) is 1.99. The first-order chi connectivity index (χ1) is 7.70. The minimum atomic E-state index is -0.698. The number of carboxylic acid groups (broad SMARTS) is 1. The molecule has 1 fully saturated rings. The van der Waals surface area contributed by atoms with E-state index >= 15 is 0 Å². The fourth-order valence-electron chi connectivity index (χ4n) is 2.76. The average molecular weight is 219 g/mol. The van der Waals surface area contributed by atoms with Gasteiger partial charge in [0.1, 0.15) is 0 Å². The summed E-state index contributed by atoms with van der Waals surface area (Å²) in [6.07, 6.45) is 1.51. The number of hydrogen-bond acceptors (Lipinski definition) is 2. The van der Waals surface area contributed by atoms with Crippen molar-refractivity contribution in [3.63, 3.8) is 0 Å². The van der Waals surface area contributed by atoms with Gasteiger partial charge in [0.05, 0.1) is 11.5 Å². The molecule has 2 rings (SSSR count). The molecule has 0 amide bonds. The van der Waals surface area contributed by atoms with Gasteiger partial charge < -0.3 is 10.4 Å². The maximum Gasteiger partial charge on any atom is 0.308 e. The normalized spacial score (nSPS) is 29.2. The van der Waals surface area contributed by atoms with E-state index in [9.17, 15) is 9.90 Å². The van der Waals surface area contributed by atoms with Gasteiger partial charge in [-0.25, -0.2) is 0 Å². The monoisotopic (exact) mass is 219 g/mol. The van der Waals surface area contributed by atoms with Gasteiger partial charge in [0.25, 0.3) is 0 Å². The number of nitrogens with one attached hydrogen (secondary N) is 1. The molecule has 1 aromatic carbocycles. The van der Waals surface area contributed by atoms with Crippen molar-refractivity contribution in [2.75, 3.05) is 6.54 Å². The summed E-state index contributed by atoms with van der Waals surface area (Å²) in [6, 6.07) is 9.91. The molecule has 3 heteroatoms. The Labute approximate surface area is 95.5 Å². The molecule has 0 aromatic heterocycles. The molecule has 1 saturated heterocycles. The summed E-state index contributed by atoms with van der Waals surface area (Å²) in [5, 5.41) is 12.7. The van der Waals surface area contributed by atoms with Crippen molar-refractivity contribution in [1.82, 2.24) is 5.32 Å². The van der Waals surface area contributed by atoms with Gasteiger partial charge in [-0.2, -0.15) is 0 Å². The lowest BCUT2D eigenvalue weighted by atomic mass is 9.77. The van der Waals surface area contributed by atoms with Crippen LogP contribution in [0.15, 0.2) is 30.3 Å². The van der Waals surface area contributed by atoms with Gasteiger partial charge in [0.2, 0.25) is 0 Å². The van der Waals surface area contributed by atoms with Crippen LogP contribution in [-0.4, -0.2) is 17.6 Å². The Morgan fingerprint density at radius 3 is 2.75 bits per heavy atom. The highest BCUT2D eigenvalue weighted by atomic mass is 16.4. The SMILES string of the molecule is CCC1(c2ccccc2)NCCC1C(=O)O. The third-order valence-electron chi connectivity index (χ3n) is 3.61. The van der Waals surface area contributed by atoms with Gasteiger partial charge in [-0.05, 0) is 24.9 Å². The van der Waals surface area contributed by atoms with E-state index in [1.807, 2.05) is 37.3 Å². The molecule has 0 radical (unpaired) electrons. The van der Waals surface area contributed by atoms with Crippen molar-refractivity contribution in [1.29, 1.82) is 0 Å². The average Bonchev–Trinajstić information content (AvgIpc) is 2.75. The zero-order chi connectivity index (χ0) is 11.6. The Balaban J connectivity index is 2.43. The fourth-order valence-corrected chi connectivity index (χ4v) is 2.76. The second kappa shape index (κ2) is 4.26. The Bertz CT molecular complexity index is 377. The summed E-state index contributed by atoms with van der Waals surface area (Å²) < 4.78 is 0. The van der Waals surface area contributed by atoms with E-state index in [0.717, 1.165) is 18.5 Å². The van der Waals surface area contributed by atoms with Crippen LogP contribution in [-0.2, 0) is 10.3 Å². The maximum absolute atomic E-state index is 11.3. The summed E-state index contributed by atoms with van der Waals surface area (Å²) in [6.45, 7) is 2.82. The second-order valence-electron chi connectivity index (χ2n) is 4.30. The Morgan fingerprint density at radius 1 is 1.50 bits per heavy atom. The van der Waals surface area contributed by atoms with Crippen LogP contribution in [0.5, 0.6) is 0 Å². The van der Waals surface area contributed by atoms with Gasteiger partial charge >= 0.3 is 5.97 Å². The van der Waals surface area contributed by atoms with Gasteiger partial charge in [0.15, 0.2) is 0 Å². The smallest absolute Gasteiger partial charge is 0.308 e. The van der Waals surface area contributed by atoms with E-state index in [1.165, 1.54) is 0 Å². The molecule has 1 aliphatic rings. The van der Waals surface area contributed by atoms with Crippen LogP contribution in [0.2, 0.25) is 0 Å². The molecule has 1 aliphatic heterocycles. The van der Waals surface area contributed by atoms with Crippen molar-refractivity contribution in [2.24, 2.45) is 5.92 Å². The number of carboxylic acids is 1. The van der Waals surface area contributed by atoms with E-state index in [0.29, 0.717) is 6.42 Å². The number of benzene rings is 1.